The number of aliphatic carboxylic acids is 1. The predicted octanol–water partition coefficient (Wildman–Crippen LogP) is 7.25. The summed E-state index contributed by atoms with van der Waals surface area (Å²) in [5.41, 5.74) is 1.03. The molecular weight excluding hydrogens is 745 g/mol. The van der Waals surface area contributed by atoms with Crippen LogP contribution < -0.4 is 10.6 Å². The number of hydrogen-bond donors (Lipinski definition) is 3. The SMILES string of the molecule is C#CCCCON(C(=O)C(CC(=O)[C@H]1CCCCN1)[C@@H](C)CC)[C@H](C[C@@H](OC(C)=O)c1nc(C(=O)N[C@@H](Cc2ccc(C)cc2)CC(C)(C)C(=O)O)cs1)C(C)C. The molecule has 1 aliphatic heterocycles. The van der Waals surface area contributed by atoms with Crippen LogP contribution in [0.15, 0.2) is 29.6 Å². The monoisotopic (exact) mass is 808 g/mol. The van der Waals surface area contributed by atoms with E-state index in [0.29, 0.717) is 30.7 Å². The molecule has 1 saturated heterocycles. The van der Waals surface area contributed by atoms with E-state index in [9.17, 15) is 29.1 Å². The summed E-state index contributed by atoms with van der Waals surface area (Å²) >= 11 is 1.15. The third-order valence-electron chi connectivity index (χ3n) is 10.8. The van der Waals surface area contributed by atoms with E-state index >= 15 is 0 Å². The van der Waals surface area contributed by atoms with Crippen molar-refractivity contribution in [3.63, 3.8) is 0 Å². The lowest BCUT2D eigenvalue weighted by Crippen LogP contribution is -2.49. The van der Waals surface area contributed by atoms with Crippen LogP contribution in [-0.2, 0) is 35.2 Å². The Labute approximate surface area is 343 Å². The third kappa shape index (κ3) is 14.6. The van der Waals surface area contributed by atoms with Crippen molar-refractivity contribution in [3.8, 4) is 12.3 Å². The molecule has 57 heavy (non-hydrogen) atoms. The number of benzene rings is 1. The molecule has 2 heterocycles. The number of hydrogen-bond acceptors (Lipinski definition) is 10. The molecule has 2 amide bonds. The summed E-state index contributed by atoms with van der Waals surface area (Å²) in [7, 11) is 0. The van der Waals surface area contributed by atoms with E-state index in [2.05, 4.69) is 21.5 Å². The van der Waals surface area contributed by atoms with Gasteiger partial charge in [0.05, 0.1) is 24.1 Å². The lowest BCUT2D eigenvalue weighted by molar-refractivity contribution is -0.215. The van der Waals surface area contributed by atoms with Gasteiger partial charge in [-0.05, 0) is 76.8 Å². The fourth-order valence-electron chi connectivity index (χ4n) is 7.07. The first kappa shape index (κ1) is 47.3. The molecule has 2 aromatic rings. The van der Waals surface area contributed by atoms with Crippen molar-refractivity contribution in [2.24, 2.45) is 23.2 Å². The van der Waals surface area contributed by atoms with Crippen LogP contribution in [0.25, 0.3) is 0 Å². The van der Waals surface area contributed by atoms with Crippen LogP contribution in [0.1, 0.15) is 139 Å². The number of Topliss-reactive ketones (excluding diaryl/α,β-unsaturated/α-hetero) is 1. The van der Waals surface area contributed by atoms with Crippen LogP contribution in [0.2, 0.25) is 0 Å². The first-order valence-electron chi connectivity index (χ1n) is 20.3. The first-order chi connectivity index (χ1) is 27.0. The Morgan fingerprint density at radius 3 is 2.42 bits per heavy atom. The van der Waals surface area contributed by atoms with E-state index in [1.807, 2.05) is 58.9 Å². The van der Waals surface area contributed by atoms with Crippen molar-refractivity contribution < 1.29 is 38.7 Å². The lowest BCUT2D eigenvalue weighted by atomic mass is 9.83. The molecule has 1 aromatic carbocycles. The summed E-state index contributed by atoms with van der Waals surface area (Å²) in [5.74, 6) is -0.644. The molecule has 12 nitrogen and oxygen atoms in total. The van der Waals surface area contributed by atoms with Gasteiger partial charge in [0.2, 0.25) is 5.91 Å². The fraction of sp³-hybridized carbons (Fsp3) is 0.636. The zero-order chi connectivity index (χ0) is 42.3. The number of piperidine rings is 1. The molecular formula is C44H64N4O8S. The molecule has 6 atom stereocenters. The summed E-state index contributed by atoms with van der Waals surface area (Å²) in [6, 6.07) is 6.45. The van der Waals surface area contributed by atoms with E-state index in [-0.39, 0.29) is 61.1 Å². The van der Waals surface area contributed by atoms with Gasteiger partial charge in [-0.3, -0.25) is 28.8 Å². The van der Waals surface area contributed by atoms with Gasteiger partial charge < -0.3 is 20.5 Å². The molecule has 3 N–H and O–H groups in total. The number of ether oxygens (including phenoxy) is 1. The predicted molar refractivity (Wildman–Crippen MR) is 221 cm³/mol. The number of hydroxylamine groups is 2. The summed E-state index contributed by atoms with van der Waals surface area (Å²) < 4.78 is 5.85. The minimum absolute atomic E-state index is 0.0146. The van der Waals surface area contributed by atoms with Crippen LogP contribution in [0.3, 0.4) is 0 Å². The Morgan fingerprint density at radius 2 is 1.84 bits per heavy atom. The van der Waals surface area contributed by atoms with Crippen molar-refractivity contribution in [2.75, 3.05) is 13.2 Å². The highest BCUT2D eigenvalue weighted by atomic mass is 32.1. The molecule has 0 bridgehead atoms. The minimum atomic E-state index is -1.11. The van der Waals surface area contributed by atoms with E-state index in [1.54, 1.807) is 19.2 Å². The van der Waals surface area contributed by atoms with Gasteiger partial charge in [0.25, 0.3) is 5.91 Å². The van der Waals surface area contributed by atoms with E-state index in [0.717, 1.165) is 48.3 Å². The molecule has 13 heteroatoms. The summed E-state index contributed by atoms with van der Waals surface area (Å²) in [5, 5.41) is 19.5. The number of rotatable bonds is 23. The number of thiazole rings is 1. The number of carboxylic acid groups (broad SMARTS) is 1. The second-order valence-electron chi connectivity index (χ2n) is 16.4. The first-order valence-corrected chi connectivity index (χ1v) is 21.2. The maximum Gasteiger partial charge on any atom is 0.309 e. The molecule has 0 aliphatic carbocycles. The second-order valence-corrected chi connectivity index (χ2v) is 17.3. The third-order valence-corrected chi connectivity index (χ3v) is 11.8. The summed E-state index contributed by atoms with van der Waals surface area (Å²) in [4.78, 5) is 77.5. The van der Waals surface area contributed by atoms with Gasteiger partial charge in [0.15, 0.2) is 11.9 Å². The molecule has 0 radical (unpaired) electrons. The molecule has 1 aromatic heterocycles. The fourth-order valence-corrected chi connectivity index (χ4v) is 7.91. The molecule has 1 aliphatic rings. The number of unbranched alkanes of at least 4 members (excludes halogenated alkanes) is 1. The number of carboxylic acids is 1. The van der Waals surface area contributed by atoms with Gasteiger partial charge in [-0.1, -0.05) is 70.4 Å². The normalized spacial score (nSPS) is 17.1. The number of ketones is 1. The molecule has 3 rings (SSSR count). The number of amides is 2. The Balaban J connectivity index is 1.93. The maximum absolute atomic E-state index is 14.7. The van der Waals surface area contributed by atoms with E-state index in [1.165, 1.54) is 12.0 Å². The highest BCUT2D eigenvalue weighted by Gasteiger charge is 2.40. The summed E-state index contributed by atoms with van der Waals surface area (Å²) in [6.07, 6.45) is 9.72. The Bertz CT molecular complexity index is 1680. The Morgan fingerprint density at radius 1 is 1.14 bits per heavy atom. The Hall–Kier alpha value is -4.12. The smallest absolute Gasteiger partial charge is 0.309 e. The number of carbonyl (C=O) groups excluding carboxylic acids is 4. The average molecular weight is 809 g/mol. The number of esters is 1. The summed E-state index contributed by atoms with van der Waals surface area (Å²) in [6.45, 7) is 15.3. The van der Waals surface area contributed by atoms with Crippen LogP contribution >= 0.6 is 11.3 Å². The van der Waals surface area contributed by atoms with Crippen molar-refractivity contribution in [1.82, 2.24) is 20.7 Å². The van der Waals surface area contributed by atoms with Crippen molar-refractivity contribution in [3.05, 3.63) is 51.5 Å². The van der Waals surface area contributed by atoms with Gasteiger partial charge in [-0.25, -0.2) is 10.0 Å². The minimum Gasteiger partial charge on any atom is -0.481 e. The number of nitrogens with one attached hydrogen (secondary N) is 2. The van der Waals surface area contributed by atoms with Gasteiger partial charge in [-0.2, -0.15) is 0 Å². The number of terminal acetylenes is 1. The highest BCUT2D eigenvalue weighted by molar-refractivity contribution is 7.09. The number of aryl methyl sites for hydroxylation is 1. The Kier molecular flexibility index (Phi) is 18.8. The lowest BCUT2D eigenvalue weighted by Gasteiger charge is -2.38. The molecule has 1 fully saturated rings. The standard InChI is InChI=1S/C44H64N4O8S/c1-10-12-15-22-55-48(42(52)34(30(6)11-2)24-38(50)35-16-13-14-21-45-35)37(28(3)4)25-39(56-31(7)49)41-47-36(27-57-41)40(51)46-33(26-44(8,9)43(53)54)23-32-19-17-29(5)18-20-32/h1,17-20,27-28,30,33-35,37,39,45H,11-16,21-26H2,2-9H3,(H,46,51)(H,53,54)/t30-,33-,34?,35+,37+,39+/m0/s1. The van der Waals surface area contributed by atoms with Crippen molar-refractivity contribution >= 4 is 40.9 Å². The van der Waals surface area contributed by atoms with Crippen molar-refractivity contribution in [2.45, 2.75) is 144 Å². The van der Waals surface area contributed by atoms with E-state index < -0.39 is 47.4 Å². The molecule has 1 unspecified atom stereocenters. The maximum atomic E-state index is 14.7. The van der Waals surface area contributed by atoms with Gasteiger partial charge in [0, 0.05) is 43.5 Å². The quantitative estimate of drug-likeness (QED) is 0.0451. The van der Waals surface area contributed by atoms with Gasteiger partial charge in [-0.15, -0.1) is 23.7 Å². The molecule has 314 valence electrons. The van der Waals surface area contributed by atoms with Crippen LogP contribution in [0.4, 0.5) is 0 Å². The van der Waals surface area contributed by atoms with Gasteiger partial charge in [0.1, 0.15) is 10.7 Å². The molecule has 0 spiro atoms. The number of carbonyl (C=O) groups is 5. The second kappa shape index (κ2) is 22.7. The zero-order valence-electron chi connectivity index (χ0n) is 35.1. The van der Waals surface area contributed by atoms with Crippen LogP contribution in [0, 0.1) is 42.4 Å². The molecule has 0 saturated carbocycles. The van der Waals surface area contributed by atoms with Crippen LogP contribution in [0.5, 0.6) is 0 Å². The largest absolute Gasteiger partial charge is 0.481 e. The van der Waals surface area contributed by atoms with E-state index in [4.69, 9.17) is 16.0 Å². The van der Waals surface area contributed by atoms with Crippen LogP contribution in [-0.4, -0.2) is 76.0 Å². The zero-order valence-corrected chi connectivity index (χ0v) is 35.9. The number of nitrogens with zero attached hydrogens (tertiary/aromatic N) is 2. The number of aromatic nitrogens is 1. The van der Waals surface area contributed by atoms with Gasteiger partial charge >= 0.3 is 11.9 Å². The topological polar surface area (TPSA) is 164 Å². The average Bonchev–Trinajstić information content (AvgIpc) is 3.67. The highest BCUT2D eigenvalue weighted by Crippen LogP contribution is 2.34. The van der Waals surface area contributed by atoms with Crippen molar-refractivity contribution in [1.29, 1.82) is 0 Å².